The number of phenols is 1. The summed E-state index contributed by atoms with van der Waals surface area (Å²) in [6.45, 7) is 0. The van der Waals surface area contributed by atoms with Crippen molar-refractivity contribution in [1.29, 1.82) is 0 Å². The van der Waals surface area contributed by atoms with Crippen molar-refractivity contribution in [2.45, 2.75) is 12.3 Å². The van der Waals surface area contributed by atoms with E-state index in [4.69, 9.17) is 14.1 Å². The quantitative estimate of drug-likeness (QED) is 0.281. The molecule has 0 bridgehead atoms. The fraction of sp³-hybridized carbons (Fsp3) is 0.138. The van der Waals surface area contributed by atoms with Gasteiger partial charge in [0.1, 0.15) is 34.0 Å². The number of pyridine rings is 1. The first kappa shape index (κ1) is 21.9. The lowest BCUT2D eigenvalue weighted by atomic mass is 9.84. The number of carbonyl (C=O) groups excluding carboxylic acids is 1. The Bertz CT molecular complexity index is 1720. The second-order valence-electron chi connectivity index (χ2n) is 9.07. The summed E-state index contributed by atoms with van der Waals surface area (Å²) in [5.41, 5.74) is 2.72. The smallest absolute Gasteiger partial charge is 0.312 e. The Morgan fingerprint density at radius 3 is 2.50 bits per heavy atom. The van der Waals surface area contributed by atoms with Crippen LogP contribution < -0.4 is 15.1 Å². The average molecular weight is 479 g/mol. The minimum Gasteiger partial charge on any atom is -0.507 e. The van der Waals surface area contributed by atoms with E-state index in [9.17, 15) is 14.7 Å². The van der Waals surface area contributed by atoms with Gasteiger partial charge < -0.3 is 19.2 Å². The number of benzene rings is 3. The first-order valence-corrected chi connectivity index (χ1v) is 11.6. The minimum atomic E-state index is -0.506. The highest BCUT2D eigenvalue weighted by Crippen LogP contribution is 2.47. The first-order chi connectivity index (χ1) is 17.4. The third kappa shape index (κ3) is 3.48. The molecule has 7 nitrogen and oxygen atoms in total. The molecular formula is C29H22N2O5. The van der Waals surface area contributed by atoms with Crippen LogP contribution in [0.25, 0.3) is 33.2 Å². The van der Waals surface area contributed by atoms with Crippen molar-refractivity contribution in [1.82, 2.24) is 4.98 Å². The van der Waals surface area contributed by atoms with Crippen LogP contribution in [0.5, 0.6) is 11.5 Å². The zero-order valence-corrected chi connectivity index (χ0v) is 19.7. The van der Waals surface area contributed by atoms with Crippen molar-refractivity contribution in [2.75, 3.05) is 19.0 Å². The van der Waals surface area contributed by atoms with Gasteiger partial charge in [0, 0.05) is 54.2 Å². The number of nitrogens with zero attached hydrogens (tertiary/aromatic N) is 2. The van der Waals surface area contributed by atoms with Gasteiger partial charge in [-0.3, -0.25) is 9.59 Å². The number of ether oxygens (including phenoxy) is 1. The number of rotatable bonds is 3. The van der Waals surface area contributed by atoms with Crippen LogP contribution in [0, 0.1) is 0 Å². The topological polar surface area (TPSA) is 92.9 Å². The SMILES string of the molecule is CN(C)c1nc2ccccc2cc1C1CC(=O)Oc2cc(O)c3c(=O)cc(-c4ccccc4)oc3c21. The van der Waals surface area contributed by atoms with Crippen LogP contribution in [0.1, 0.15) is 23.5 Å². The molecule has 7 heteroatoms. The Morgan fingerprint density at radius 2 is 1.72 bits per heavy atom. The molecule has 5 aromatic rings. The average Bonchev–Trinajstić information content (AvgIpc) is 2.87. The van der Waals surface area contributed by atoms with Crippen LogP contribution in [-0.4, -0.2) is 30.2 Å². The number of aromatic hydroxyl groups is 1. The Labute approximate surface area is 206 Å². The molecule has 0 radical (unpaired) electrons. The van der Waals surface area contributed by atoms with Gasteiger partial charge in [0.05, 0.1) is 11.9 Å². The largest absolute Gasteiger partial charge is 0.507 e. The van der Waals surface area contributed by atoms with Gasteiger partial charge in [-0.15, -0.1) is 0 Å². The standard InChI is InChI=1S/C29H22N2O5/c1-31(2)29-19(12-17-10-6-7-11-20(17)30-29)18-13-25(34)35-24-15-22(33)27-21(32)14-23(36-28(27)26(18)24)16-8-4-3-5-9-16/h3-12,14-15,18,33H,13H2,1-2H3. The molecule has 1 atom stereocenters. The van der Waals surface area contributed by atoms with Gasteiger partial charge >= 0.3 is 5.97 Å². The zero-order chi connectivity index (χ0) is 25.0. The fourth-order valence-corrected chi connectivity index (χ4v) is 4.91. The predicted octanol–water partition coefficient (Wildman–Crippen LogP) is 5.22. The number of esters is 1. The monoisotopic (exact) mass is 478 g/mol. The molecule has 36 heavy (non-hydrogen) atoms. The van der Waals surface area contributed by atoms with Gasteiger partial charge in [-0.25, -0.2) is 4.98 Å². The first-order valence-electron chi connectivity index (χ1n) is 11.6. The highest BCUT2D eigenvalue weighted by Gasteiger charge is 2.35. The second kappa shape index (κ2) is 8.23. The van der Waals surface area contributed by atoms with Crippen molar-refractivity contribution >= 4 is 33.7 Å². The molecule has 0 aliphatic carbocycles. The second-order valence-corrected chi connectivity index (χ2v) is 9.07. The van der Waals surface area contributed by atoms with E-state index in [2.05, 4.69) is 0 Å². The third-order valence-electron chi connectivity index (χ3n) is 6.51. The molecular weight excluding hydrogens is 456 g/mol. The lowest BCUT2D eigenvalue weighted by Crippen LogP contribution is -2.24. The fourth-order valence-electron chi connectivity index (χ4n) is 4.91. The summed E-state index contributed by atoms with van der Waals surface area (Å²) in [6.07, 6.45) is 0.0347. The molecule has 6 rings (SSSR count). The summed E-state index contributed by atoms with van der Waals surface area (Å²) in [6, 6.07) is 21.7. The molecule has 3 heterocycles. The van der Waals surface area contributed by atoms with Gasteiger partial charge in [-0.1, -0.05) is 48.5 Å². The molecule has 0 saturated heterocycles. The van der Waals surface area contributed by atoms with Crippen molar-refractivity contribution < 1.29 is 19.1 Å². The van der Waals surface area contributed by atoms with E-state index < -0.39 is 11.9 Å². The number of phenolic OH excluding ortho intramolecular Hbond substituents is 1. The van der Waals surface area contributed by atoms with Crippen LogP contribution in [0.3, 0.4) is 0 Å². The molecule has 1 N–H and O–H groups in total. The number of aromatic nitrogens is 1. The number of fused-ring (bicyclic) bond motifs is 4. The number of carbonyl (C=O) groups is 1. The van der Waals surface area contributed by atoms with Crippen LogP contribution in [0.2, 0.25) is 0 Å². The molecule has 1 unspecified atom stereocenters. The third-order valence-corrected chi connectivity index (χ3v) is 6.51. The van der Waals surface area contributed by atoms with E-state index in [1.54, 1.807) is 0 Å². The van der Waals surface area contributed by atoms with Crippen LogP contribution in [-0.2, 0) is 4.79 Å². The maximum absolute atomic E-state index is 13.2. The highest BCUT2D eigenvalue weighted by atomic mass is 16.5. The number of hydrogen-bond acceptors (Lipinski definition) is 7. The highest BCUT2D eigenvalue weighted by molar-refractivity contribution is 5.94. The Morgan fingerprint density at radius 1 is 0.972 bits per heavy atom. The molecule has 0 amide bonds. The normalized spacial score (nSPS) is 15.1. The Balaban J connectivity index is 1.69. The molecule has 3 aromatic carbocycles. The minimum absolute atomic E-state index is 0.0347. The van der Waals surface area contributed by atoms with Crippen molar-refractivity contribution in [3.8, 4) is 22.8 Å². The molecule has 1 aliphatic heterocycles. The summed E-state index contributed by atoms with van der Waals surface area (Å²) < 4.78 is 11.8. The predicted molar refractivity (Wildman–Crippen MR) is 138 cm³/mol. The van der Waals surface area contributed by atoms with E-state index in [-0.39, 0.29) is 34.3 Å². The Hall–Kier alpha value is -4.65. The summed E-state index contributed by atoms with van der Waals surface area (Å²) in [7, 11) is 3.79. The van der Waals surface area contributed by atoms with Gasteiger partial charge in [-0.2, -0.15) is 0 Å². The summed E-state index contributed by atoms with van der Waals surface area (Å²) in [4.78, 5) is 32.7. The zero-order valence-electron chi connectivity index (χ0n) is 19.7. The van der Waals surface area contributed by atoms with E-state index in [1.807, 2.05) is 79.7 Å². The molecule has 178 valence electrons. The lowest BCUT2D eigenvalue weighted by molar-refractivity contribution is -0.135. The van der Waals surface area contributed by atoms with Gasteiger partial charge in [0.25, 0.3) is 0 Å². The Kier molecular flexibility index (Phi) is 5.00. The molecule has 1 aliphatic rings. The number of hydrogen-bond donors (Lipinski definition) is 1. The maximum atomic E-state index is 13.2. The molecule has 0 saturated carbocycles. The van der Waals surface area contributed by atoms with Gasteiger partial charge in [0.2, 0.25) is 0 Å². The summed E-state index contributed by atoms with van der Waals surface area (Å²) in [5, 5.41) is 11.7. The van der Waals surface area contributed by atoms with Crippen LogP contribution in [0.4, 0.5) is 5.82 Å². The summed E-state index contributed by atoms with van der Waals surface area (Å²) in [5.74, 6) is -0.00984. The van der Waals surface area contributed by atoms with E-state index >= 15 is 0 Å². The van der Waals surface area contributed by atoms with Crippen molar-refractivity contribution in [3.63, 3.8) is 0 Å². The van der Waals surface area contributed by atoms with E-state index in [0.29, 0.717) is 17.1 Å². The molecule has 2 aromatic heterocycles. The summed E-state index contributed by atoms with van der Waals surface area (Å²) >= 11 is 0. The molecule has 0 fully saturated rings. The van der Waals surface area contributed by atoms with E-state index in [1.165, 1.54) is 12.1 Å². The lowest BCUT2D eigenvalue weighted by Gasteiger charge is -2.28. The van der Waals surface area contributed by atoms with Crippen LogP contribution in [0.15, 0.2) is 82.0 Å². The number of anilines is 1. The van der Waals surface area contributed by atoms with Gasteiger partial charge in [0.15, 0.2) is 5.43 Å². The van der Waals surface area contributed by atoms with Crippen molar-refractivity contribution in [2.24, 2.45) is 0 Å². The van der Waals surface area contributed by atoms with Crippen LogP contribution >= 0.6 is 0 Å². The van der Waals surface area contributed by atoms with E-state index in [0.717, 1.165) is 22.0 Å². The van der Waals surface area contributed by atoms with Gasteiger partial charge in [-0.05, 0) is 12.1 Å². The molecule has 0 spiro atoms. The van der Waals surface area contributed by atoms with Crippen molar-refractivity contribution in [3.05, 3.63) is 94.1 Å². The maximum Gasteiger partial charge on any atom is 0.312 e. The number of para-hydroxylation sites is 1.